The zero-order valence-electron chi connectivity index (χ0n) is 15.5. The first kappa shape index (κ1) is 19.9. The maximum Gasteiger partial charge on any atom is 0.260 e. The van der Waals surface area contributed by atoms with Crippen molar-refractivity contribution in [2.45, 2.75) is 13.3 Å². The lowest BCUT2D eigenvalue weighted by Gasteiger charge is -2.18. The van der Waals surface area contributed by atoms with Gasteiger partial charge < -0.3 is 19.1 Å². The van der Waals surface area contributed by atoms with E-state index in [-0.39, 0.29) is 12.5 Å². The van der Waals surface area contributed by atoms with Crippen molar-refractivity contribution in [2.75, 3.05) is 34.4 Å². The van der Waals surface area contributed by atoms with Crippen LogP contribution < -0.4 is 14.2 Å². The molecule has 0 aliphatic carbocycles. The highest BCUT2D eigenvalue weighted by atomic mass is 35.5. The van der Waals surface area contributed by atoms with Crippen LogP contribution in [0.5, 0.6) is 17.2 Å². The Morgan fingerprint density at radius 2 is 1.77 bits per heavy atom. The van der Waals surface area contributed by atoms with Gasteiger partial charge in [-0.3, -0.25) is 4.79 Å². The second kappa shape index (κ2) is 9.34. The number of halogens is 1. The molecule has 0 saturated carbocycles. The number of benzene rings is 2. The molecule has 2 aromatic carbocycles. The molecular weight excluding hydrogens is 354 g/mol. The fourth-order valence-electron chi connectivity index (χ4n) is 2.43. The summed E-state index contributed by atoms with van der Waals surface area (Å²) in [6.45, 7) is 2.46. The van der Waals surface area contributed by atoms with Gasteiger partial charge >= 0.3 is 0 Å². The van der Waals surface area contributed by atoms with E-state index < -0.39 is 0 Å². The maximum atomic E-state index is 12.3. The molecule has 2 aromatic rings. The van der Waals surface area contributed by atoms with Crippen LogP contribution in [0.1, 0.15) is 11.1 Å². The minimum atomic E-state index is -0.108. The summed E-state index contributed by atoms with van der Waals surface area (Å²) in [4.78, 5) is 13.9. The fourth-order valence-corrected chi connectivity index (χ4v) is 2.60. The van der Waals surface area contributed by atoms with Gasteiger partial charge in [-0.25, -0.2) is 0 Å². The molecule has 26 heavy (non-hydrogen) atoms. The molecule has 0 bridgehead atoms. The van der Waals surface area contributed by atoms with Crippen LogP contribution in [-0.2, 0) is 11.2 Å². The van der Waals surface area contributed by atoms with Gasteiger partial charge in [-0.2, -0.15) is 0 Å². The van der Waals surface area contributed by atoms with Crippen molar-refractivity contribution in [1.29, 1.82) is 0 Å². The molecule has 2 rings (SSSR count). The second-order valence-corrected chi connectivity index (χ2v) is 6.38. The summed E-state index contributed by atoms with van der Waals surface area (Å²) in [7, 11) is 4.96. The van der Waals surface area contributed by atoms with Crippen LogP contribution in [0.4, 0.5) is 0 Å². The van der Waals surface area contributed by atoms with E-state index in [9.17, 15) is 4.79 Å². The van der Waals surface area contributed by atoms with Crippen LogP contribution in [-0.4, -0.2) is 45.2 Å². The minimum Gasteiger partial charge on any atom is -0.493 e. The van der Waals surface area contributed by atoms with Crippen molar-refractivity contribution in [3.05, 3.63) is 52.5 Å². The number of likely N-dealkylation sites (N-methyl/N-ethyl adjacent to an activating group) is 1. The number of ether oxygens (including phenoxy) is 3. The Labute approximate surface area is 159 Å². The van der Waals surface area contributed by atoms with Gasteiger partial charge in [-0.05, 0) is 48.7 Å². The molecule has 1 amide bonds. The first-order valence-electron chi connectivity index (χ1n) is 8.28. The topological polar surface area (TPSA) is 48.0 Å². The Balaban J connectivity index is 1.88. The molecule has 140 valence electrons. The van der Waals surface area contributed by atoms with E-state index in [1.807, 2.05) is 37.3 Å². The van der Waals surface area contributed by atoms with Gasteiger partial charge in [0, 0.05) is 13.6 Å². The van der Waals surface area contributed by atoms with E-state index in [1.54, 1.807) is 32.2 Å². The molecule has 0 aliphatic rings. The summed E-state index contributed by atoms with van der Waals surface area (Å²) in [5.74, 6) is 1.77. The van der Waals surface area contributed by atoms with Gasteiger partial charge in [0.1, 0.15) is 5.75 Å². The van der Waals surface area contributed by atoms with Crippen LogP contribution >= 0.6 is 11.6 Å². The summed E-state index contributed by atoms with van der Waals surface area (Å²) in [5.41, 5.74) is 2.09. The molecule has 0 N–H and O–H groups in total. The highest BCUT2D eigenvalue weighted by Crippen LogP contribution is 2.28. The Hall–Kier alpha value is -2.40. The zero-order chi connectivity index (χ0) is 19.1. The molecule has 0 saturated heterocycles. The molecule has 0 unspecified atom stereocenters. The highest BCUT2D eigenvalue weighted by Gasteiger charge is 2.12. The maximum absolute atomic E-state index is 12.3. The second-order valence-electron chi connectivity index (χ2n) is 5.98. The number of carbonyl (C=O) groups excluding carboxylic acids is 1. The minimum absolute atomic E-state index is 0.0500. The lowest BCUT2D eigenvalue weighted by atomic mass is 10.1. The van der Waals surface area contributed by atoms with Crippen LogP contribution in [0.2, 0.25) is 5.02 Å². The Kier molecular flexibility index (Phi) is 7.16. The van der Waals surface area contributed by atoms with E-state index in [0.717, 1.165) is 11.1 Å². The molecule has 0 aliphatic heterocycles. The monoisotopic (exact) mass is 377 g/mol. The molecule has 0 radical (unpaired) electrons. The van der Waals surface area contributed by atoms with Gasteiger partial charge in [0.05, 0.1) is 19.2 Å². The van der Waals surface area contributed by atoms with Gasteiger partial charge in [0.2, 0.25) is 0 Å². The number of carbonyl (C=O) groups is 1. The average molecular weight is 378 g/mol. The number of rotatable bonds is 8. The molecule has 0 heterocycles. The van der Waals surface area contributed by atoms with E-state index in [2.05, 4.69) is 0 Å². The predicted octanol–water partition coefficient (Wildman–Crippen LogP) is 3.75. The van der Waals surface area contributed by atoms with Gasteiger partial charge in [-0.15, -0.1) is 0 Å². The summed E-state index contributed by atoms with van der Waals surface area (Å²) in [6, 6.07) is 11.2. The van der Waals surface area contributed by atoms with Gasteiger partial charge in [0.15, 0.2) is 18.1 Å². The first-order valence-corrected chi connectivity index (χ1v) is 8.66. The summed E-state index contributed by atoms with van der Waals surface area (Å²) >= 11 is 6.08. The molecule has 0 atom stereocenters. The average Bonchev–Trinajstić information content (AvgIpc) is 2.66. The number of hydrogen-bond acceptors (Lipinski definition) is 4. The lowest BCUT2D eigenvalue weighted by Crippen LogP contribution is -2.33. The van der Waals surface area contributed by atoms with Crippen molar-refractivity contribution < 1.29 is 19.0 Å². The normalized spacial score (nSPS) is 10.3. The Morgan fingerprint density at radius 3 is 2.46 bits per heavy atom. The number of hydrogen-bond donors (Lipinski definition) is 0. The third-order valence-corrected chi connectivity index (χ3v) is 4.36. The predicted molar refractivity (Wildman–Crippen MR) is 103 cm³/mol. The van der Waals surface area contributed by atoms with Crippen LogP contribution in [0, 0.1) is 6.92 Å². The van der Waals surface area contributed by atoms with E-state index in [4.69, 9.17) is 25.8 Å². The van der Waals surface area contributed by atoms with Crippen molar-refractivity contribution in [2.24, 2.45) is 0 Å². The van der Waals surface area contributed by atoms with E-state index in [1.165, 1.54) is 0 Å². The van der Waals surface area contributed by atoms with Crippen LogP contribution in [0.15, 0.2) is 36.4 Å². The summed E-state index contributed by atoms with van der Waals surface area (Å²) in [5, 5.41) is 0.497. The van der Waals surface area contributed by atoms with Crippen molar-refractivity contribution >= 4 is 17.5 Å². The highest BCUT2D eigenvalue weighted by molar-refractivity contribution is 6.32. The molecule has 0 fully saturated rings. The zero-order valence-corrected chi connectivity index (χ0v) is 16.3. The third kappa shape index (κ3) is 5.30. The number of aryl methyl sites for hydroxylation is 1. The van der Waals surface area contributed by atoms with E-state index >= 15 is 0 Å². The molecular formula is C20H24ClNO4. The van der Waals surface area contributed by atoms with Crippen LogP contribution in [0.25, 0.3) is 0 Å². The largest absolute Gasteiger partial charge is 0.493 e. The quantitative estimate of drug-likeness (QED) is 0.703. The molecule has 5 nitrogen and oxygen atoms in total. The summed E-state index contributed by atoms with van der Waals surface area (Å²) in [6.07, 6.45) is 0.702. The number of amides is 1. The molecule has 0 aromatic heterocycles. The lowest BCUT2D eigenvalue weighted by molar-refractivity contribution is -0.132. The number of methoxy groups -OCH3 is 2. The first-order chi connectivity index (χ1) is 12.4. The van der Waals surface area contributed by atoms with Crippen molar-refractivity contribution in [3.8, 4) is 17.2 Å². The van der Waals surface area contributed by atoms with Gasteiger partial charge in [-0.1, -0.05) is 23.7 Å². The number of nitrogens with zero attached hydrogens (tertiary/aromatic N) is 1. The van der Waals surface area contributed by atoms with Crippen LogP contribution in [0.3, 0.4) is 0 Å². The standard InChI is InChI=1S/C20H24ClNO4/c1-14-5-7-16(21)18(11-14)26-13-20(23)22(2)10-9-15-6-8-17(24-3)19(12-15)25-4/h5-8,11-12H,9-10,13H2,1-4H3. The SMILES string of the molecule is COc1ccc(CCN(C)C(=O)COc2cc(C)ccc2Cl)cc1OC. The van der Waals surface area contributed by atoms with Gasteiger partial charge in [0.25, 0.3) is 5.91 Å². The summed E-state index contributed by atoms with van der Waals surface area (Å²) < 4.78 is 16.1. The van der Waals surface area contributed by atoms with Crippen molar-refractivity contribution in [1.82, 2.24) is 4.90 Å². The Bertz CT molecular complexity index is 763. The molecule has 6 heteroatoms. The van der Waals surface area contributed by atoms with E-state index in [0.29, 0.717) is 35.2 Å². The van der Waals surface area contributed by atoms with Crippen molar-refractivity contribution in [3.63, 3.8) is 0 Å². The Morgan fingerprint density at radius 1 is 1.04 bits per heavy atom. The molecule has 0 spiro atoms. The smallest absolute Gasteiger partial charge is 0.260 e. The fraction of sp³-hybridized carbons (Fsp3) is 0.350. The third-order valence-electron chi connectivity index (χ3n) is 4.05.